The van der Waals surface area contributed by atoms with E-state index in [-0.39, 0.29) is 0 Å². The minimum atomic E-state index is 1.09. The van der Waals surface area contributed by atoms with E-state index >= 15 is 0 Å². The summed E-state index contributed by atoms with van der Waals surface area (Å²) in [7, 11) is 0. The van der Waals surface area contributed by atoms with Crippen molar-refractivity contribution >= 4 is 49.6 Å². The van der Waals surface area contributed by atoms with Crippen LogP contribution in [-0.4, -0.2) is 4.57 Å². The highest BCUT2D eigenvalue weighted by Crippen LogP contribution is 2.48. The molecule has 1 heterocycles. The number of para-hydroxylation sites is 3. The van der Waals surface area contributed by atoms with Crippen LogP contribution in [0.3, 0.4) is 0 Å². The third-order valence-electron chi connectivity index (χ3n) is 10.6. The fourth-order valence-electron chi connectivity index (χ4n) is 8.20. The molecular weight excluding hydrogens is 653 g/mol. The summed E-state index contributed by atoms with van der Waals surface area (Å²) in [4.78, 5) is 2.49. The summed E-state index contributed by atoms with van der Waals surface area (Å²) in [6, 6.07) is 79.0. The zero-order chi connectivity index (χ0) is 35.8. The van der Waals surface area contributed by atoms with E-state index < -0.39 is 0 Å². The Hall–Kier alpha value is -7.16. The van der Waals surface area contributed by atoms with Crippen LogP contribution >= 0.6 is 0 Å². The van der Waals surface area contributed by atoms with E-state index in [1.807, 2.05) is 0 Å². The predicted molar refractivity (Wildman–Crippen MR) is 229 cm³/mol. The smallest absolute Gasteiger partial charge is 0.0562 e. The second-order valence-electron chi connectivity index (χ2n) is 13.7. The molecule has 0 atom stereocenters. The SMILES string of the molecule is c1ccc(-c2ccc(N(c3ccccc3-c3cccc4ccccc34)c3cccc4c3c3ccccc3n4-c3ccccc3)cc2-c2ccccc2)cc1. The van der Waals surface area contributed by atoms with Gasteiger partial charge in [0.05, 0.1) is 22.4 Å². The van der Waals surface area contributed by atoms with Crippen molar-refractivity contribution in [2.75, 3.05) is 4.90 Å². The highest BCUT2D eigenvalue weighted by molar-refractivity contribution is 6.17. The molecule has 0 fully saturated rings. The Kier molecular flexibility index (Phi) is 7.85. The Labute approximate surface area is 315 Å². The van der Waals surface area contributed by atoms with Gasteiger partial charge in [0.2, 0.25) is 0 Å². The Morgan fingerprint density at radius 2 is 0.889 bits per heavy atom. The molecule has 0 aliphatic carbocycles. The quantitative estimate of drug-likeness (QED) is 0.162. The number of hydrogen-bond donors (Lipinski definition) is 0. The highest BCUT2D eigenvalue weighted by Gasteiger charge is 2.24. The van der Waals surface area contributed by atoms with Crippen molar-refractivity contribution < 1.29 is 0 Å². The van der Waals surface area contributed by atoms with Crippen LogP contribution < -0.4 is 4.90 Å². The summed E-state index contributed by atoms with van der Waals surface area (Å²) in [5.41, 5.74) is 13.9. The normalized spacial score (nSPS) is 11.3. The highest BCUT2D eigenvalue weighted by atomic mass is 15.2. The topological polar surface area (TPSA) is 8.17 Å². The Morgan fingerprint density at radius 3 is 1.69 bits per heavy atom. The van der Waals surface area contributed by atoms with Gasteiger partial charge in [0.1, 0.15) is 0 Å². The van der Waals surface area contributed by atoms with Gasteiger partial charge in [-0.1, -0.05) is 170 Å². The van der Waals surface area contributed by atoms with Gasteiger partial charge < -0.3 is 9.47 Å². The largest absolute Gasteiger partial charge is 0.309 e. The number of benzene rings is 9. The number of fused-ring (bicyclic) bond motifs is 4. The van der Waals surface area contributed by atoms with E-state index in [9.17, 15) is 0 Å². The predicted octanol–water partition coefficient (Wildman–Crippen LogP) is 14.4. The average molecular weight is 689 g/mol. The first-order valence-corrected chi connectivity index (χ1v) is 18.5. The van der Waals surface area contributed by atoms with Crippen LogP contribution in [0.2, 0.25) is 0 Å². The summed E-state index contributed by atoms with van der Waals surface area (Å²) in [5, 5.41) is 4.88. The number of aromatic nitrogens is 1. The maximum atomic E-state index is 2.49. The van der Waals surface area contributed by atoms with E-state index in [1.165, 1.54) is 60.4 Å². The molecule has 54 heavy (non-hydrogen) atoms. The van der Waals surface area contributed by atoms with Crippen molar-refractivity contribution in [3.05, 3.63) is 218 Å². The van der Waals surface area contributed by atoms with Crippen LogP contribution in [0, 0.1) is 0 Å². The minimum absolute atomic E-state index is 1.09. The zero-order valence-corrected chi connectivity index (χ0v) is 29.7. The Morgan fingerprint density at radius 1 is 0.333 bits per heavy atom. The molecule has 1 aromatic heterocycles. The molecule has 0 unspecified atom stereocenters. The number of anilines is 3. The van der Waals surface area contributed by atoms with Crippen LogP contribution in [0.1, 0.15) is 0 Å². The molecule has 0 aliphatic rings. The fraction of sp³-hybridized carbons (Fsp3) is 0. The van der Waals surface area contributed by atoms with Gasteiger partial charge in [-0.3, -0.25) is 0 Å². The molecule has 10 aromatic rings. The molecule has 9 aromatic carbocycles. The van der Waals surface area contributed by atoms with E-state index in [0.717, 1.165) is 28.3 Å². The zero-order valence-electron chi connectivity index (χ0n) is 29.7. The molecule has 0 bridgehead atoms. The Balaban J connectivity index is 1.31. The lowest BCUT2D eigenvalue weighted by molar-refractivity contribution is 1.18. The molecule has 254 valence electrons. The van der Waals surface area contributed by atoms with Gasteiger partial charge in [-0.2, -0.15) is 0 Å². The van der Waals surface area contributed by atoms with Crippen LogP contribution in [0.4, 0.5) is 17.1 Å². The standard InChI is InChI=1S/C52H36N2/c1-4-18-37(19-5-1)43-35-34-41(36-47(43)39-20-6-2-7-21-39)54(48-30-14-12-27-45(48)44-29-16-23-38-22-10-11-26-42(38)44)51-33-17-32-50-52(51)46-28-13-15-31-49(46)53(50)40-24-8-3-9-25-40/h1-36H. The summed E-state index contributed by atoms with van der Waals surface area (Å²) in [6.45, 7) is 0. The van der Waals surface area contributed by atoms with Gasteiger partial charge in [-0.25, -0.2) is 0 Å². The van der Waals surface area contributed by atoms with Gasteiger partial charge in [-0.05, 0) is 87.1 Å². The van der Waals surface area contributed by atoms with Gasteiger partial charge >= 0.3 is 0 Å². The molecule has 0 saturated heterocycles. The number of rotatable bonds is 7. The van der Waals surface area contributed by atoms with Crippen molar-refractivity contribution in [3.63, 3.8) is 0 Å². The van der Waals surface area contributed by atoms with E-state index in [2.05, 4.69) is 228 Å². The Bertz CT molecular complexity index is 2920. The van der Waals surface area contributed by atoms with Gasteiger partial charge in [-0.15, -0.1) is 0 Å². The van der Waals surface area contributed by atoms with E-state index in [4.69, 9.17) is 0 Å². The molecule has 0 N–H and O–H groups in total. The third kappa shape index (κ3) is 5.36. The second-order valence-corrected chi connectivity index (χ2v) is 13.7. The van der Waals surface area contributed by atoms with Crippen molar-refractivity contribution in [1.82, 2.24) is 4.57 Å². The van der Waals surface area contributed by atoms with Crippen molar-refractivity contribution in [2.45, 2.75) is 0 Å². The molecule has 0 spiro atoms. The first-order chi connectivity index (χ1) is 26.8. The van der Waals surface area contributed by atoms with Crippen LogP contribution in [0.25, 0.3) is 71.6 Å². The molecule has 10 rings (SSSR count). The molecule has 2 heteroatoms. The summed E-state index contributed by atoms with van der Waals surface area (Å²) in [5.74, 6) is 0. The third-order valence-corrected chi connectivity index (χ3v) is 10.6. The first kappa shape index (κ1) is 31.6. The van der Waals surface area contributed by atoms with Gasteiger partial charge in [0, 0.05) is 27.7 Å². The average Bonchev–Trinajstić information content (AvgIpc) is 3.60. The first-order valence-electron chi connectivity index (χ1n) is 18.5. The van der Waals surface area contributed by atoms with Crippen LogP contribution in [0.5, 0.6) is 0 Å². The van der Waals surface area contributed by atoms with Gasteiger partial charge in [0.15, 0.2) is 0 Å². The molecule has 2 nitrogen and oxygen atoms in total. The van der Waals surface area contributed by atoms with Crippen LogP contribution in [-0.2, 0) is 0 Å². The summed E-state index contributed by atoms with van der Waals surface area (Å²) >= 11 is 0. The fourth-order valence-corrected chi connectivity index (χ4v) is 8.20. The van der Waals surface area contributed by atoms with Crippen molar-refractivity contribution in [1.29, 1.82) is 0 Å². The number of hydrogen-bond acceptors (Lipinski definition) is 1. The lowest BCUT2D eigenvalue weighted by Crippen LogP contribution is -2.12. The summed E-state index contributed by atoms with van der Waals surface area (Å²) < 4.78 is 2.40. The monoisotopic (exact) mass is 688 g/mol. The maximum absolute atomic E-state index is 2.49. The van der Waals surface area contributed by atoms with Crippen LogP contribution in [0.15, 0.2) is 218 Å². The van der Waals surface area contributed by atoms with E-state index in [1.54, 1.807) is 0 Å². The lowest BCUT2D eigenvalue weighted by Gasteiger charge is -2.30. The van der Waals surface area contributed by atoms with E-state index in [0.29, 0.717) is 0 Å². The molecular formula is C52H36N2. The van der Waals surface area contributed by atoms with Crippen molar-refractivity contribution in [3.8, 4) is 39.1 Å². The molecule has 0 saturated carbocycles. The number of nitrogens with zero attached hydrogens (tertiary/aromatic N) is 2. The van der Waals surface area contributed by atoms with Gasteiger partial charge in [0.25, 0.3) is 0 Å². The van der Waals surface area contributed by atoms with Crippen molar-refractivity contribution in [2.24, 2.45) is 0 Å². The minimum Gasteiger partial charge on any atom is -0.309 e. The molecule has 0 aliphatic heterocycles. The lowest BCUT2D eigenvalue weighted by atomic mass is 9.93. The maximum Gasteiger partial charge on any atom is 0.0562 e. The molecule has 0 radical (unpaired) electrons. The molecule has 0 amide bonds. The second kappa shape index (κ2) is 13.4. The summed E-state index contributed by atoms with van der Waals surface area (Å²) in [6.07, 6.45) is 0.